The molecule has 3 atom stereocenters. The molecule has 0 aliphatic rings. The van der Waals surface area contributed by atoms with Crippen molar-refractivity contribution in [1.82, 2.24) is 21.3 Å². The maximum atomic E-state index is 13.1. The smallest absolute Gasteiger partial charge is 0.408 e. The normalized spacial score (nSPS) is 12.6. The second kappa shape index (κ2) is 18.0. The lowest BCUT2D eigenvalue weighted by molar-refractivity contribution is -0.142. The summed E-state index contributed by atoms with van der Waals surface area (Å²) in [5.41, 5.74) is 0.736. The van der Waals surface area contributed by atoms with Gasteiger partial charge < -0.3 is 35.8 Å². The minimum Gasteiger partial charge on any atom is -0.480 e. The fourth-order valence-electron chi connectivity index (χ4n) is 3.15. The molecular formula is C26H36N4O8. The van der Waals surface area contributed by atoms with Crippen LogP contribution in [0.5, 0.6) is 0 Å². The summed E-state index contributed by atoms with van der Waals surface area (Å²) in [5, 5.41) is 19.5. The average Bonchev–Trinajstić information content (AvgIpc) is 2.89. The van der Waals surface area contributed by atoms with Crippen LogP contribution >= 0.6 is 0 Å². The number of carbonyl (C=O) groups is 5. The summed E-state index contributed by atoms with van der Waals surface area (Å²) in [6, 6.07) is 5.52. The molecule has 0 aliphatic carbocycles. The molecule has 0 aliphatic heterocycles. The third-order valence-electron chi connectivity index (χ3n) is 5.11. The molecule has 0 aromatic heterocycles. The predicted octanol–water partition coefficient (Wildman–Crippen LogP) is 1.67. The Hall–Kier alpha value is -4.35. The van der Waals surface area contributed by atoms with E-state index in [9.17, 15) is 29.1 Å². The summed E-state index contributed by atoms with van der Waals surface area (Å²) in [6.45, 7) is 8.60. The van der Waals surface area contributed by atoms with Gasteiger partial charge in [0.2, 0.25) is 11.8 Å². The van der Waals surface area contributed by atoms with E-state index in [-0.39, 0.29) is 32.6 Å². The SMILES string of the molecule is C=CCOC(=O)NCCCC[C@H](NC(=O)[C@H](Cc1ccccc1)NC(=O)[C@@H](C)NC(=O)OCC=C)C(=O)O. The van der Waals surface area contributed by atoms with Crippen LogP contribution in [0.25, 0.3) is 0 Å². The van der Waals surface area contributed by atoms with E-state index < -0.39 is 48.1 Å². The second-order valence-electron chi connectivity index (χ2n) is 8.21. The Labute approximate surface area is 221 Å². The first-order valence-corrected chi connectivity index (χ1v) is 12.1. The number of amides is 4. The molecule has 0 radical (unpaired) electrons. The van der Waals surface area contributed by atoms with Gasteiger partial charge in [0.25, 0.3) is 0 Å². The van der Waals surface area contributed by atoms with Crippen LogP contribution in [0.3, 0.4) is 0 Å². The summed E-state index contributed by atoms with van der Waals surface area (Å²) >= 11 is 0. The largest absolute Gasteiger partial charge is 0.480 e. The van der Waals surface area contributed by atoms with Gasteiger partial charge in [0.1, 0.15) is 31.3 Å². The van der Waals surface area contributed by atoms with E-state index in [1.54, 1.807) is 30.3 Å². The van der Waals surface area contributed by atoms with E-state index in [0.717, 1.165) is 5.56 Å². The van der Waals surface area contributed by atoms with Gasteiger partial charge in [0.15, 0.2) is 0 Å². The van der Waals surface area contributed by atoms with Crippen molar-refractivity contribution in [2.75, 3.05) is 19.8 Å². The first kappa shape index (κ1) is 31.7. The topological polar surface area (TPSA) is 172 Å². The predicted molar refractivity (Wildman–Crippen MR) is 139 cm³/mol. The van der Waals surface area contributed by atoms with Crippen LogP contribution in [-0.2, 0) is 30.3 Å². The molecule has 38 heavy (non-hydrogen) atoms. The van der Waals surface area contributed by atoms with Crippen LogP contribution in [0.1, 0.15) is 31.7 Å². The summed E-state index contributed by atoms with van der Waals surface area (Å²) < 4.78 is 9.58. The molecule has 0 fully saturated rings. The zero-order valence-electron chi connectivity index (χ0n) is 21.4. The first-order chi connectivity index (χ1) is 18.2. The highest BCUT2D eigenvalue weighted by molar-refractivity contribution is 5.92. The molecule has 0 unspecified atom stereocenters. The van der Waals surface area contributed by atoms with Crippen LogP contribution in [-0.4, -0.2) is 73.0 Å². The van der Waals surface area contributed by atoms with Crippen LogP contribution in [0, 0.1) is 0 Å². The fourth-order valence-corrected chi connectivity index (χ4v) is 3.15. The molecule has 208 valence electrons. The Bertz CT molecular complexity index is 954. The number of carboxylic acid groups (broad SMARTS) is 1. The van der Waals surface area contributed by atoms with E-state index in [1.165, 1.54) is 19.1 Å². The first-order valence-electron chi connectivity index (χ1n) is 12.1. The third-order valence-corrected chi connectivity index (χ3v) is 5.11. The fraction of sp³-hybridized carbons (Fsp3) is 0.423. The molecule has 0 spiro atoms. The van der Waals surface area contributed by atoms with Gasteiger partial charge in [-0.1, -0.05) is 55.6 Å². The quantitative estimate of drug-likeness (QED) is 0.149. The minimum absolute atomic E-state index is 0.0365. The van der Waals surface area contributed by atoms with Gasteiger partial charge in [-0.15, -0.1) is 0 Å². The summed E-state index contributed by atoms with van der Waals surface area (Å²) in [6.07, 6.45) is 2.41. The number of nitrogens with one attached hydrogen (secondary N) is 4. The van der Waals surface area contributed by atoms with Crippen molar-refractivity contribution in [2.45, 2.75) is 50.7 Å². The zero-order valence-corrected chi connectivity index (χ0v) is 21.4. The van der Waals surface area contributed by atoms with Crippen LogP contribution in [0.2, 0.25) is 0 Å². The molecule has 1 aromatic rings. The molecule has 4 amide bonds. The lowest BCUT2D eigenvalue weighted by Crippen LogP contribution is -2.55. The van der Waals surface area contributed by atoms with E-state index in [4.69, 9.17) is 9.47 Å². The van der Waals surface area contributed by atoms with Gasteiger partial charge in [0.05, 0.1) is 0 Å². The Morgan fingerprint density at radius 2 is 1.47 bits per heavy atom. The molecule has 5 N–H and O–H groups in total. The van der Waals surface area contributed by atoms with E-state index in [1.807, 2.05) is 0 Å². The number of rotatable bonds is 17. The number of hydrogen-bond donors (Lipinski definition) is 5. The number of unbranched alkanes of at least 4 members (excludes halogenated alkanes) is 1. The highest BCUT2D eigenvalue weighted by Crippen LogP contribution is 2.07. The number of aliphatic carboxylic acids is 1. The average molecular weight is 533 g/mol. The summed E-state index contributed by atoms with van der Waals surface area (Å²) in [7, 11) is 0. The molecule has 12 nitrogen and oxygen atoms in total. The molecule has 0 heterocycles. The molecule has 12 heteroatoms. The Balaban J connectivity index is 2.76. The van der Waals surface area contributed by atoms with Gasteiger partial charge in [-0.2, -0.15) is 0 Å². The van der Waals surface area contributed by atoms with Crippen molar-refractivity contribution in [3.8, 4) is 0 Å². The Kier molecular flexibility index (Phi) is 15.0. The highest BCUT2D eigenvalue weighted by atomic mass is 16.6. The number of hydrogen-bond acceptors (Lipinski definition) is 7. The second-order valence-corrected chi connectivity index (χ2v) is 8.21. The number of ether oxygens (including phenoxy) is 2. The van der Waals surface area contributed by atoms with E-state index >= 15 is 0 Å². The molecule has 0 bridgehead atoms. The molecular weight excluding hydrogens is 496 g/mol. The van der Waals surface area contributed by atoms with Crippen LogP contribution in [0.15, 0.2) is 55.6 Å². The lowest BCUT2D eigenvalue weighted by atomic mass is 10.0. The van der Waals surface area contributed by atoms with Gasteiger partial charge in [-0.05, 0) is 31.7 Å². The van der Waals surface area contributed by atoms with Crippen molar-refractivity contribution >= 4 is 30.0 Å². The Morgan fingerprint density at radius 1 is 0.868 bits per heavy atom. The van der Waals surface area contributed by atoms with Crippen LogP contribution < -0.4 is 21.3 Å². The maximum Gasteiger partial charge on any atom is 0.408 e. The van der Waals surface area contributed by atoms with E-state index in [2.05, 4.69) is 34.4 Å². The van der Waals surface area contributed by atoms with Gasteiger partial charge in [0, 0.05) is 13.0 Å². The number of carbonyl (C=O) groups excluding carboxylic acids is 4. The van der Waals surface area contributed by atoms with Gasteiger partial charge in [-0.25, -0.2) is 14.4 Å². The standard InChI is InChI=1S/C26H36N4O8/c1-4-15-37-25(35)27-14-10-9-13-20(24(33)34)29-23(32)21(17-19-11-7-6-8-12-19)30-22(31)18(3)28-26(36)38-16-5-2/h4-8,11-12,18,20-21H,1-2,9-10,13-17H2,3H3,(H,27,35)(H,28,36)(H,29,32)(H,30,31)(H,33,34)/t18-,20+,21+/m1/s1. The number of carboxylic acids is 1. The molecule has 0 saturated heterocycles. The summed E-state index contributed by atoms with van der Waals surface area (Å²) in [5.74, 6) is -2.58. The highest BCUT2D eigenvalue weighted by Gasteiger charge is 2.28. The zero-order chi connectivity index (χ0) is 28.3. The van der Waals surface area contributed by atoms with Crippen molar-refractivity contribution < 1.29 is 38.6 Å². The maximum absolute atomic E-state index is 13.1. The van der Waals surface area contributed by atoms with E-state index in [0.29, 0.717) is 12.8 Å². The number of alkyl carbamates (subject to hydrolysis) is 2. The van der Waals surface area contributed by atoms with Crippen LogP contribution in [0.4, 0.5) is 9.59 Å². The van der Waals surface area contributed by atoms with Crippen molar-refractivity contribution in [3.05, 3.63) is 61.2 Å². The summed E-state index contributed by atoms with van der Waals surface area (Å²) in [4.78, 5) is 60.7. The third kappa shape index (κ3) is 13.1. The van der Waals surface area contributed by atoms with Crippen molar-refractivity contribution in [1.29, 1.82) is 0 Å². The monoisotopic (exact) mass is 532 g/mol. The molecule has 0 saturated carbocycles. The van der Waals surface area contributed by atoms with Crippen molar-refractivity contribution in [3.63, 3.8) is 0 Å². The van der Waals surface area contributed by atoms with Gasteiger partial charge in [-0.3, -0.25) is 9.59 Å². The van der Waals surface area contributed by atoms with Crippen molar-refractivity contribution in [2.24, 2.45) is 0 Å². The molecule has 1 rings (SSSR count). The molecule has 1 aromatic carbocycles. The Morgan fingerprint density at radius 3 is 2.08 bits per heavy atom. The van der Waals surface area contributed by atoms with Gasteiger partial charge >= 0.3 is 18.2 Å². The lowest BCUT2D eigenvalue weighted by Gasteiger charge is -2.23. The number of benzene rings is 1. The minimum atomic E-state index is -1.23.